The summed E-state index contributed by atoms with van der Waals surface area (Å²) in [5, 5.41) is 0. The van der Waals surface area contributed by atoms with E-state index in [1.165, 1.54) is 12.7 Å². The van der Waals surface area contributed by atoms with Crippen LogP contribution in [-0.4, -0.2) is 30.4 Å². The Hall–Kier alpha value is -1.65. The van der Waals surface area contributed by atoms with E-state index in [1.54, 1.807) is 0 Å². The summed E-state index contributed by atoms with van der Waals surface area (Å²) in [6, 6.07) is 0. The molecule has 5 nitrogen and oxygen atoms in total. The number of carbonyl (C=O) groups excluding carboxylic acids is 3. The molecule has 5 saturated carbocycles. The molecule has 0 amide bonds. The number of carbonyl (C=O) groups is 3. The smallest absolute Gasteiger partial charge is 0.309 e. The van der Waals surface area contributed by atoms with Crippen molar-refractivity contribution >= 4 is 17.7 Å². The first-order valence-electron chi connectivity index (χ1n) is 12.3. The fraction of sp³-hybridized carbons (Fsp3) is 0.808. The van der Waals surface area contributed by atoms with E-state index in [9.17, 15) is 14.4 Å². The number of allylic oxidation sites excluding steroid dienone is 1. The van der Waals surface area contributed by atoms with Crippen LogP contribution in [0.1, 0.15) is 58.8 Å². The maximum atomic E-state index is 13.1. The average molecular weight is 425 g/mol. The molecule has 1 saturated heterocycles. The van der Waals surface area contributed by atoms with Crippen LogP contribution in [-0.2, 0) is 23.9 Å². The molecule has 6 fully saturated rings. The van der Waals surface area contributed by atoms with Crippen LogP contribution in [0.3, 0.4) is 0 Å². The van der Waals surface area contributed by atoms with Crippen molar-refractivity contribution in [3.05, 3.63) is 11.6 Å². The van der Waals surface area contributed by atoms with Crippen molar-refractivity contribution in [2.24, 2.45) is 58.2 Å². The summed E-state index contributed by atoms with van der Waals surface area (Å²) in [6.07, 6.45) is 8.21. The van der Waals surface area contributed by atoms with Gasteiger partial charge < -0.3 is 9.47 Å². The number of fused-ring (bicyclic) bond motifs is 11. The average Bonchev–Trinajstić information content (AvgIpc) is 3.65. The van der Waals surface area contributed by atoms with Crippen LogP contribution in [0.5, 0.6) is 0 Å². The molecular weight excluding hydrogens is 392 g/mol. The molecular formula is C26H32O5. The molecule has 7 rings (SSSR count). The number of ketones is 1. The van der Waals surface area contributed by atoms with Crippen LogP contribution < -0.4 is 0 Å². The summed E-state index contributed by atoms with van der Waals surface area (Å²) in [5.74, 6) is 2.70. The number of methoxy groups -OCH3 is 1. The van der Waals surface area contributed by atoms with Crippen molar-refractivity contribution in [1.29, 1.82) is 0 Å². The minimum atomic E-state index is -0.313. The lowest BCUT2D eigenvalue weighted by molar-refractivity contribution is -0.186. The van der Waals surface area contributed by atoms with E-state index < -0.39 is 0 Å². The molecule has 31 heavy (non-hydrogen) atoms. The Morgan fingerprint density at radius 1 is 1.13 bits per heavy atom. The Kier molecular flexibility index (Phi) is 3.32. The normalized spacial score (nSPS) is 57.7. The Balaban J connectivity index is 1.36. The molecule has 1 aliphatic heterocycles. The van der Waals surface area contributed by atoms with Gasteiger partial charge in [0.2, 0.25) is 0 Å². The molecule has 0 aromatic heterocycles. The summed E-state index contributed by atoms with van der Waals surface area (Å²) in [4.78, 5) is 38.0. The van der Waals surface area contributed by atoms with E-state index in [4.69, 9.17) is 9.47 Å². The SMILES string of the molecule is COC(=O)[C@@H]1CC2=CC(=O)[C@@H]3C[C@@H]3[C@]2(C)[C@H]2CC[C@@]3(C)[C@@H]([C@H]4C[C@H]4C34CCC(=O)O4)[C@H]12. The van der Waals surface area contributed by atoms with Gasteiger partial charge in [0.05, 0.1) is 13.0 Å². The second-order valence-corrected chi connectivity index (χ2v) is 12.2. The molecule has 6 aliphatic carbocycles. The Labute approximate surface area is 183 Å². The van der Waals surface area contributed by atoms with Crippen LogP contribution in [0.15, 0.2) is 11.6 Å². The molecule has 0 radical (unpaired) electrons. The minimum Gasteiger partial charge on any atom is -0.469 e. The summed E-state index contributed by atoms with van der Waals surface area (Å²) in [6.45, 7) is 4.76. The van der Waals surface area contributed by atoms with Crippen molar-refractivity contribution < 1.29 is 23.9 Å². The van der Waals surface area contributed by atoms with Crippen molar-refractivity contribution in [3.63, 3.8) is 0 Å². The van der Waals surface area contributed by atoms with Gasteiger partial charge in [-0.2, -0.15) is 0 Å². The predicted octanol–water partition coefficient (Wildman–Crippen LogP) is 3.71. The number of esters is 2. The van der Waals surface area contributed by atoms with Gasteiger partial charge in [-0.3, -0.25) is 14.4 Å². The van der Waals surface area contributed by atoms with Gasteiger partial charge in [0.1, 0.15) is 5.60 Å². The van der Waals surface area contributed by atoms with Crippen LogP contribution in [0, 0.1) is 58.2 Å². The van der Waals surface area contributed by atoms with Crippen LogP contribution in [0.25, 0.3) is 0 Å². The van der Waals surface area contributed by atoms with Crippen molar-refractivity contribution in [3.8, 4) is 0 Å². The molecule has 7 aliphatic rings. The topological polar surface area (TPSA) is 69.7 Å². The quantitative estimate of drug-likeness (QED) is 0.600. The zero-order chi connectivity index (χ0) is 21.5. The molecule has 0 N–H and O–H groups in total. The fourth-order valence-electron chi connectivity index (χ4n) is 10.2. The zero-order valence-electron chi connectivity index (χ0n) is 18.7. The summed E-state index contributed by atoms with van der Waals surface area (Å²) in [7, 11) is 1.50. The standard InChI is InChI=1S/C26H32O5/c1-24-6-4-16-21(22(24)14-11-18(14)26(24)7-5-20(28)31-26)15(23(29)30-3)8-12-9-19(27)13-10-17(13)25(12,16)2/h9,13-18,21-22H,4-8,10-11H2,1-3H3/t13-,14+,15-,16+,17+,18-,21-,22+,24+,25+,26?/m1/s1. The third-order valence-corrected chi connectivity index (χ3v) is 11.6. The van der Waals surface area contributed by atoms with Gasteiger partial charge in [0.25, 0.3) is 0 Å². The third-order valence-electron chi connectivity index (χ3n) is 11.6. The van der Waals surface area contributed by atoms with E-state index >= 15 is 0 Å². The molecule has 1 heterocycles. The van der Waals surface area contributed by atoms with Crippen molar-refractivity contribution in [2.75, 3.05) is 7.11 Å². The highest BCUT2D eigenvalue weighted by Crippen LogP contribution is 2.81. The van der Waals surface area contributed by atoms with Crippen LogP contribution in [0.2, 0.25) is 0 Å². The lowest BCUT2D eigenvalue weighted by atomic mass is 9.43. The molecule has 5 heteroatoms. The Bertz CT molecular complexity index is 967. The van der Waals surface area contributed by atoms with Gasteiger partial charge in [-0.05, 0) is 79.6 Å². The lowest BCUT2D eigenvalue weighted by Crippen LogP contribution is -2.60. The molecule has 0 aromatic rings. The van der Waals surface area contributed by atoms with E-state index in [0.29, 0.717) is 42.4 Å². The van der Waals surface area contributed by atoms with Gasteiger partial charge >= 0.3 is 11.9 Å². The highest BCUT2D eigenvalue weighted by molar-refractivity contribution is 5.96. The lowest BCUT2D eigenvalue weighted by Gasteiger charge is -2.61. The molecule has 0 bridgehead atoms. The van der Waals surface area contributed by atoms with Crippen LogP contribution >= 0.6 is 0 Å². The van der Waals surface area contributed by atoms with E-state index in [0.717, 1.165) is 32.1 Å². The van der Waals surface area contributed by atoms with Crippen molar-refractivity contribution in [2.45, 2.75) is 64.4 Å². The van der Waals surface area contributed by atoms with Crippen molar-refractivity contribution in [1.82, 2.24) is 0 Å². The highest BCUT2D eigenvalue weighted by atomic mass is 16.6. The second kappa shape index (κ2) is 5.46. The van der Waals surface area contributed by atoms with Gasteiger partial charge in [0, 0.05) is 23.7 Å². The van der Waals surface area contributed by atoms with Gasteiger partial charge in [-0.1, -0.05) is 19.4 Å². The monoisotopic (exact) mass is 424 g/mol. The Morgan fingerprint density at radius 2 is 1.94 bits per heavy atom. The molecule has 0 aromatic carbocycles. The number of ether oxygens (including phenoxy) is 2. The molecule has 1 unspecified atom stereocenters. The first kappa shape index (κ1) is 18.9. The minimum absolute atomic E-state index is 0.0294. The second-order valence-electron chi connectivity index (χ2n) is 12.2. The first-order valence-corrected chi connectivity index (χ1v) is 12.3. The third kappa shape index (κ3) is 1.95. The molecule has 166 valence electrons. The molecule has 1 spiro atoms. The van der Waals surface area contributed by atoms with Gasteiger partial charge in [0.15, 0.2) is 5.78 Å². The van der Waals surface area contributed by atoms with E-state index in [-0.39, 0.29) is 51.9 Å². The zero-order valence-corrected chi connectivity index (χ0v) is 18.7. The van der Waals surface area contributed by atoms with E-state index in [2.05, 4.69) is 13.8 Å². The van der Waals surface area contributed by atoms with Gasteiger partial charge in [-0.25, -0.2) is 0 Å². The fourth-order valence-corrected chi connectivity index (χ4v) is 10.2. The predicted molar refractivity (Wildman–Crippen MR) is 110 cm³/mol. The summed E-state index contributed by atoms with van der Waals surface area (Å²) < 4.78 is 11.5. The summed E-state index contributed by atoms with van der Waals surface area (Å²) >= 11 is 0. The number of rotatable bonds is 1. The maximum Gasteiger partial charge on any atom is 0.309 e. The number of hydrogen-bond acceptors (Lipinski definition) is 5. The Morgan fingerprint density at radius 3 is 2.65 bits per heavy atom. The maximum absolute atomic E-state index is 13.1. The summed E-state index contributed by atoms with van der Waals surface area (Å²) in [5.41, 5.74) is 0.878. The van der Waals surface area contributed by atoms with Gasteiger partial charge in [-0.15, -0.1) is 0 Å². The van der Waals surface area contributed by atoms with E-state index in [1.807, 2.05) is 6.08 Å². The molecule has 11 atom stereocenters. The first-order chi connectivity index (χ1) is 14.8. The number of hydrogen-bond donors (Lipinski definition) is 0. The largest absolute Gasteiger partial charge is 0.469 e. The highest BCUT2D eigenvalue weighted by Gasteiger charge is 2.80. The van der Waals surface area contributed by atoms with Crippen LogP contribution in [0.4, 0.5) is 0 Å².